The summed E-state index contributed by atoms with van der Waals surface area (Å²) in [6.45, 7) is 3.07. The van der Waals surface area contributed by atoms with E-state index in [0.717, 1.165) is 30.8 Å². The second-order valence-electron chi connectivity index (χ2n) is 4.44. The number of carbonyl (C=O) groups excluding carboxylic acids is 1. The van der Waals surface area contributed by atoms with E-state index < -0.39 is 0 Å². The van der Waals surface area contributed by atoms with Crippen LogP contribution in [0.3, 0.4) is 0 Å². The number of anilines is 1. The summed E-state index contributed by atoms with van der Waals surface area (Å²) >= 11 is 0. The van der Waals surface area contributed by atoms with Gasteiger partial charge in [-0.3, -0.25) is 4.79 Å². The third-order valence-corrected chi connectivity index (χ3v) is 3.01. The molecule has 1 atom stereocenters. The Bertz CT molecular complexity index is 418. The molecular weight excluding hydrogens is 216 g/mol. The molecule has 1 aromatic carbocycles. The van der Waals surface area contributed by atoms with Gasteiger partial charge in [-0.15, -0.1) is 0 Å². The molecule has 0 saturated heterocycles. The lowest BCUT2D eigenvalue weighted by atomic mass is 10.0. The average Bonchev–Trinajstić information content (AvgIpc) is 2.35. The van der Waals surface area contributed by atoms with Crippen LogP contribution in [-0.4, -0.2) is 19.1 Å². The number of carbonyl (C=O) groups is 1. The summed E-state index contributed by atoms with van der Waals surface area (Å²) < 4.78 is 5.66. The topological polar surface area (TPSA) is 64.3 Å². The summed E-state index contributed by atoms with van der Waals surface area (Å²) in [5.74, 6) is 0.215. The predicted molar refractivity (Wildman–Crippen MR) is 67.1 cm³/mol. The number of hydrogen-bond acceptors (Lipinski definition) is 3. The molecule has 0 bridgehead atoms. The van der Waals surface area contributed by atoms with Crippen LogP contribution in [0.15, 0.2) is 18.2 Å². The quantitative estimate of drug-likeness (QED) is 0.830. The molecule has 17 heavy (non-hydrogen) atoms. The van der Waals surface area contributed by atoms with Gasteiger partial charge in [-0.05, 0) is 24.5 Å². The molecule has 0 spiro atoms. The minimum absolute atomic E-state index is 0.269. The summed E-state index contributed by atoms with van der Waals surface area (Å²) in [5.41, 5.74) is 7.55. The molecule has 0 aliphatic carbocycles. The molecule has 0 fully saturated rings. The molecule has 2 rings (SSSR count). The van der Waals surface area contributed by atoms with E-state index in [1.807, 2.05) is 12.1 Å². The van der Waals surface area contributed by atoms with Gasteiger partial charge in [0.25, 0.3) is 0 Å². The van der Waals surface area contributed by atoms with Crippen molar-refractivity contribution in [3.05, 3.63) is 23.8 Å². The predicted octanol–water partition coefficient (Wildman–Crippen LogP) is 1.54. The van der Waals surface area contributed by atoms with Crippen molar-refractivity contribution in [2.75, 3.05) is 18.5 Å². The maximum Gasteiger partial charge on any atom is 0.223 e. The van der Waals surface area contributed by atoms with Gasteiger partial charge in [-0.1, -0.05) is 19.1 Å². The molecule has 3 N–H and O–H groups in total. The molecule has 0 aromatic heterocycles. The molecule has 1 heterocycles. The summed E-state index contributed by atoms with van der Waals surface area (Å²) in [4.78, 5) is 10.9. The Kier molecular flexibility index (Phi) is 3.52. The first-order chi connectivity index (χ1) is 8.18. The molecule has 1 aliphatic rings. The normalized spacial score (nSPS) is 15.6. The summed E-state index contributed by atoms with van der Waals surface area (Å²) in [6.07, 6.45) is 2.22. The van der Waals surface area contributed by atoms with E-state index in [-0.39, 0.29) is 11.8 Å². The third-order valence-electron chi connectivity index (χ3n) is 3.01. The molecule has 92 valence electrons. The van der Waals surface area contributed by atoms with Crippen molar-refractivity contribution in [3.63, 3.8) is 0 Å². The molecule has 1 amide bonds. The smallest absolute Gasteiger partial charge is 0.223 e. The van der Waals surface area contributed by atoms with E-state index in [4.69, 9.17) is 10.5 Å². The highest BCUT2D eigenvalue weighted by Crippen LogP contribution is 2.32. The van der Waals surface area contributed by atoms with E-state index in [1.54, 1.807) is 6.92 Å². The van der Waals surface area contributed by atoms with Gasteiger partial charge in [0, 0.05) is 6.54 Å². The minimum atomic E-state index is -0.331. The van der Waals surface area contributed by atoms with Gasteiger partial charge in [-0.2, -0.15) is 0 Å². The van der Waals surface area contributed by atoms with Gasteiger partial charge >= 0.3 is 0 Å². The Balaban J connectivity index is 2.08. The van der Waals surface area contributed by atoms with Crippen molar-refractivity contribution in [2.24, 2.45) is 11.7 Å². The van der Waals surface area contributed by atoms with Gasteiger partial charge in [-0.25, -0.2) is 0 Å². The van der Waals surface area contributed by atoms with E-state index in [0.29, 0.717) is 6.61 Å². The van der Waals surface area contributed by atoms with Crippen LogP contribution in [0.5, 0.6) is 5.75 Å². The molecule has 4 nitrogen and oxygen atoms in total. The lowest BCUT2D eigenvalue weighted by Gasteiger charge is -2.21. The van der Waals surface area contributed by atoms with Gasteiger partial charge in [0.2, 0.25) is 5.91 Å². The van der Waals surface area contributed by atoms with Crippen molar-refractivity contribution < 1.29 is 9.53 Å². The molecule has 1 aromatic rings. The van der Waals surface area contributed by atoms with E-state index in [1.165, 1.54) is 5.56 Å². The van der Waals surface area contributed by atoms with E-state index in [9.17, 15) is 4.79 Å². The van der Waals surface area contributed by atoms with Gasteiger partial charge in [0.05, 0.1) is 18.2 Å². The third kappa shape index (κ3) is 2.70. The Hall–Kier alpha value is -1.71. The number of amides is 1. The summed E-state index contributed by atoms with van der Waals surface area (Å²) in [5, 5.41) is 3.34. The van der Waals surface area contributed by atoms with Crippen LogP contribution in [0, 0.1) is 5.92 Å². The fourth-order valence-electron chi connectivity index (χ4n) is 1.89. The average molecular weight is 234 g/mol. The largest absolute Gasteiger partial charge is 0.491 e. The number of benzene rings is 1. The number of primary amides is 1. The highest BCUT2D eigenvalue weighted by molar-refractivity contribution is 5.76. The SMILES string of the molecule is CC(COc1cccc2c1NCCC2)C(N)=O. The number of ether oxygens (including phenoxy) is 1. The number of aryl methyl sites for hydroxylation is 1. The fourth-order valence-corrected chi connectivity index (χ4v) is 1.89. The number of para-hydroxylation sites is 1. The van der Waals surface area contributed by atoms with Crippen molar-refractivity contribution in [1.82, 2.24) is 0 Å². The number of fused-ring (bicyclic) bond motifs is 1. The fraction of sp³-hybridized carbons (Fsp3) is 0.462. The van der Waals surface area contributed by atoms with E-state index >= 15 is 0 Å². The number of rotatable bonds is 4. The van der Waals surface area contributed by atoms with Crippen molar-refractivity contribution >= 4 is 11.6 Å². The van der Waals surface area contributed by atoms with Crippen LogP contribution >= 0.6 is 0 Å². The van der Waals surface area contributed by atoms with Crippen LogP contribution in [0.2, 0.25) is 0 Å². The maximum absolute atomic E-state index is 10.9. The Morgan fingerprint density at radius 3 is 3.18 bits per heavy atom. The first-order valence-electron chi connectivity index (χ1n) is 5.96. The Morgan fingerprint density at radius 1 is 1.59 bits per heavy atom. The second kappa shape index (κ2) is 5.08. The van der Waals surface area contributed by atoms with Crippen LogP contribution in [-0.2, 0) is 11.2 Å². The lowest BCUT2D eigenvalue weighted by molar-refractivity contribution is -0.122. The van der Waals surface area contributed by atoms with Crippen LogP contribution in [0.4, 0.5) is 5.69 Å². The molecule has 0 radical (unpaired) electrons. The molecule has 1 unspecified atom stereocenters. The molecule has 0 saturated carbocycles. The number of nitrogens with one attached hydrogen (secondary N) is 1. The minimum Gasteiger partial charge on any atom is -0.491 e. The Labute approximate surface area is 101 Å². The Morgan fingerprint density at radius 2 is 2.41 bits per heavy atom. The number of hydrogen-bond donors (Lipinski definition) is 2. The van der Waals surface area contributed by atoms with Crippen LogP contribution in [0.25, 0.3) is 0 Å². The standard InChI is InChI=1S/C13H18N2O2/c1-9(13(14)16)8-17-11-6-2-4-10-5-3-7-15-12(10)11/h2,4,6,9,15H,3,5,7-8H2,1H3,(H2,14,16). The van der Waals surface area contributed by atoms with Gasteiger partial charge < -0.3 is 15.8 Å². The van der Waals surface area contributed by atoms with Gasteiger partial charge in [0.1, 0.15) is 5.75 Å². The van der Waals surface area contributed by atoms with Crippen LogP contribution in [0.1, 0.15) is 18.9 Å². The van der Waals surface area contributed by atoms with E-state index in [2.05, 4.69) is 11.4 Å². The zero-order valence-electron chi connectivity index (χ0n) is 10.0. The zero-order valence-corrected chi connectivity index (χ0v) is 10.0. The van der Waals surface area contributed by atoms with Crippen molar-refractivity contribution in [3.8, 4) is 5.75 Å². The summed E-state index contributed by atoms with van der Waals surface area (Å²) in [7, 11) is 0. The second-order valence-corrected chi connectivity index (χ2v) is 4.44. The first kappa shape index (κ1) is 11.8. The van der Waals surface area contributed by atoms with Crippen molar-refractivity contribution in [1.29, 1.82) is 0 Å². The first-order valence-corrected chi connectivity index (χ1v) is 5.96. The van der Waals surface area contributed by atoms with Crippen LogP contribution < -0.4 is 15.8 Å². The maximum atomic E-state index is 10.9. The molecule has 4 heteroatoms. The highest BCUT2D eigenvalue weighted by Gasteiger charge is 2.15. The molecular formula is C13H18N2O2. The van der Waals surface area contributed by atoms with Crippen molar-refractivity contribution in [2.45, 2.75) is 19.8 Å². The zero-order chi connectivity index (χ0) is 12.3. The number of nitrogens with two attached hydrogens (primary N) is 1. The summed E-state index contributed by atoms with van der Waals surface area (Å²) in [6, 6.07) is 6.01. The molecule has 1 aliphatic heterocycles. The lowest BCUT2D eigenvalue weighted by Crippen LogP contribution is -2.26. The monoisotopic (exact) mass is 234 g/mol. The van der Waals surface area contributed by atoms with Gasteiger partial charge in [0.15, 0.2) is 0 Å². The highest BCUT2D eigenvalue weighted by atomic mass is 16.5.